The Hall–Kier alpha value is -3.84. The van der Waals surface area contributed by atoms with Crippen LogP contribution in [0.3, 0.4) is 0 Å². The maximum absolute atomic E-state index is 13.1. The summed E-state index contributed by atoms with van der Waals surface area (Å²) >= 11 is 1.23. The number of halogens is 3. The number of alkyl halides is 3. The van der Waals surface area contributed by atoms with E-state index in [9.17, 15) is 22.8 Å². The molecule has 0 saturated carbocycles. The molecule has 0 spiro atoms. The number of hydrogen-bond donors (Lipinski definition) is 2. The second-order valence-electron chi connectivity index (χ2n) is 8.42. The maximum atomic E-state index is 13.1. The smallest absolute Gasteiger partial charge is 0.497 e. The Balaban J connectivity index is 1.86. The SMILES string of the molecule is CCNC(=O)CCNCCCn1c(-c2ccc(OC(F)(F)F)cc2)csc1=NC(=O)c1ccc(OC)cc1OC. The number of nitrogens with one attached hydrogen (secondary N) is 2. The van der Waals surface area contributed by atoms with Crippen molar-refractivity contribution >= 4 is 23.2 Å². The number of amides is 2. The standard InChI is InChI=1S/C27H31F3N4O5S/c1-4-32-24(35)12-14-31-13-5-15-34-22(18-6-8-19(9-7-18)39-27(28,29)30)17-40-26(34)33-25(36)21-11-10-20(37-2)16-23(21)38-3/h6-11,16-17,31H,4-5,12-15H2,1-3H3,(H,32,35). The van der Waals surface area contributed by atoms with Gasteiger partial charge in [0.05, 0.1) is 25.5 Å². The summed E-state index contributed by atoms with van der Waals surface area (Å²) in [6, 6.07) is 10.3. The molecule has 2 amide bonds. The molecule has 3 rings (SSSR count). The van der Waals surface area contributed by atoms with Crippen molar-refractivity contribution in [1.29, 1.82) is 0 Å². The zero-order valence-electron chi connectivity index (χ0n) is 22.3. The number of ether oxygens (including phenoxy) is 3. The highest BCUT2D eigenvalue weighted by Crippen LogP contribution is 2.28. The molecule has 0 atom stereocenters. The number of thiazole rings is 1. The molecule has 216 valence electrons. The minimum Gasteiger partial charge on any atom is -0.497 e. The topological polar surface area (TPSA) is 103 Å². The molecular weight excluding hydrogens is 549 g/mol. The molecule has 40 heavy (non-hydrogen) atoms. The van der Waals surface area contributed by atoms with E-state index in [0.29, 0.717) is 66.6 Å². The normalized spacial score (nSPS) is 11.8. The fourth-order valence-corrected chi connectivity index (χ4v) is 4.72. The minimum absolute atomic E-state index is 0.0315. The van der Waals surface area contributed by atoms with Gasteiger partial charge in [-0.25, -0.2) is 0 Å². The lowest BCUT2D eigenvalue weighted by atomic mass is 10.1. The van der Waals surface area contributed by atoms with E-state index in [-0.39, 0.29) is 17.2 Å². The molecule has 9 nitrogen and oxygen atoms in total. The van der Waals surface area contributed by atoms with E-state index in [0.717, 1.165) is 0 Å². The van der Waals surface area contributed by atoms with Crippen molar-refractivity contribution in [3.05, 3.63) is 58.2 Å². The molecule has 1 aromatic heterocycles. The molecule has 3 aromatic rings. The molecular formula is C27H31F3N4O5S. The van der Waals surface area contributed by atoms with Crippen molar-refractivity contribution < 1.29 is 37.0 Å². The van der Waals surface area contributed by atoms with Crippen molar-refractivity contribution in [3.63, 3.8) is 0 Å². The molecule has 0 saturated heterocycles. The van der Waals surface area contributed by atoms with Gasteiger partial charge in [0, 0.05) is 37.5 Å². The number of hydrogen-bond acceptors (Lipinski definition) is 7. The van der Waals surface area contributed by atoms with E-state index in [1.54, 1.807) is 23.6 Å². The third-order valence-electron chi connectivity index (χ3n) is 5.66. The zero-order valence-corrected chi connectivity index (χ0v) is 23.2. The van der Waals surface area contributed by atoms with Crippen LogP contribution in [-0.2, 0) is 11.3 Å². The van der Waals surface area contributed by atoms with E-state index in [1.165, 1.54) is 49.8 Å². The molecule has 2 N–H and O–H groups in total. The summed E-state index contributed by atoms with van der Waals surface area (Å²) in [5.74, 6) is -0.0415. The monoisotopic (exact) mass is 580 g/mol. The highest BCUT2D eigenvalue weighted by molar-refractivity contribution is 7.07. The molecule has 0 bridgehead atoms. The van der Waals surface area contributed by atoms with Crippen molar-refractivity contribution in [2.75, 3.05) is 33.9 Å². The van der Waals surface area contributed by atoms with Gasteiger partial charge in [-0.3, -0.25) is 9.59 Å². The van der Waals surface area contributed by atoms with Crippen LogP contribution in [0.4, 0.5) is 13.2 Å². The first-order chi connectivity index (χ1) is 19.1. The first-order valence-electron chi connectivity index (χ1n) is 12.5. The number of methoxy groups -OCH3 is 2. The predicted octanol–water partition coefficient (Wildman–Crippen LogP) is 4.38. The summed E-state index contributed by atoms with van der Waals surface area (Å²) in [6.07, 6.45) is -3.79. The third-order valence-corrected chi connectivity index (χ3v) is 6.52. The minimum atomic E-state index is -4.79. The van der Waals surface area contributed by atoms with Gasteiger partial charge in [0.1, 0.15) is 17.2 Å². The van der Waals surface area contributed by atoms with E-state index >= 15 is 0 Å². The Labute approximate surface area is 233 Å². The van der Waals surface area contributed by atoms with Crippen molar-refractivity contribution in [2.45, 2.75) is 32.7 Å². The first-order valence-corrected chi connectivity index (χ1v) is 13.4. The van der Waals surface area contributed by atoms with Gasteiger partial charge in [0.2, 0.25) is 5.91 Å². The van der Waals surface area contributed by atoms with Crippen molar-refractivity contribution in [3.8, 4) is 28.5 Å². The van der Waals surface area contributed by atoms with Gasteiger partial charge in [-0.1, -0.05) is 0 Å². The fourth-order valence-electron chi connectivity index (χ4n) is 3.79. The van der Waals surface area contributed by atoms with Gasteiger partial charge in [-0.15, -0.1) is 24.5 Å². The van der Waals surface area contributed by atoms with Crippen LogP contribution in [0.5, 0.6) is 17.2 Å². The lowest BCUT2D eigenvalue weighted by Gasteiger charge is -2.12. The summed E-state index contributed by atoms with van der Waals surface area (Å²) in [7, 11) is 2.95. The fraction of sp³-hybridized carbons (Fsp3) is 0.370. The third kappa shape index (κ3) is 8.85. The summed E-state index contributed by atoms with van der Waals surface area (Å²) in [5.41, 5.74) is 1.57. The number of benzene rings is 2. The Kier molecular flexibility index (Phi) is 11.1. The highest BCUT2D eigenvalue weighted by atomic mass is 32.1. The van der Waals surface area contributed by atoms with Gasteiger partial charge in [0.25, 0.3) is 5.91 Å². The largest absolute Gasteiger partial charge is 0.573 e. The molecule has 0 aliphatic rings. The number of aromatic nitrogens is 1. The number of carbonyl (C=O) groups is 2. The van der Waals surface area contributed by atoms with Gasteiger partial charge in [-0.2, -0.15) is 4.99 Å². The van der Waals surface area contributed by atoms with Crippen molar-refractivity contribution in [2.24, 2.45) is 4.99 Å². The number of rotatable bonds is 13. The predicted molar refractivity (Wildman–Crippen MR) is 145 cm³/mol. The van der Waals surface area contributed by atoms with Gasteiger partial charge in [-0.05, 0) is 61.9 Å². The molecule has 1 heterocycles. The highest BCUT2D eigenvalue weighted by Gasteiger charge is 2.31. The van der Waals surface area contributed by atoms with Gasteiger partial charge in [0.15, 0.2) is 4.80 Å². The van der Waals surface area contributed by atoms with Crippen LogP contribution < -0.4 is 29.6 Å². The van der Waals surface area contributed by atoms with Crippen LogP contribution >= 0.6 is 11.3 Å². The Morgan fingerprint density at radius 2 is 1.75 bits per heavy atom. The summed E-state index contributed by atoms with van der Waals surface area (Å²) < 4.78 is 54.1. The number of carbonyl (C=O) groups excluding carboxylic acids is 2. The molecule has 0 unspecified atom stereocenters. The lowest BCUT2D eigenvalue weighted by Crippen LogP contribution is -2.28. The van der Waals surface area contributed by atoms with E-state index in [1.807, 2.05) is 11.5 Å². The van der Waals surface area contributed by atoms with Crippen LogP contribution in [-0.4, -0.2) is 56.6 Å². The van der Waals surface area contributed by atoms with E-state index in [2.05, 4.69) is 20.4 Å². The average molecular weight is 581 g/mol. The van der Waals surface area contributed by atoms with Crippen LogP contribution in [0, 0.1) is 0 Å². The molecule has 0 fully saturated rings. The van der Waals surface area contributed by atoms with Crippen LogP contribution in [0.2, 0.25) is 0 Å². The maximum Gasteiger partial charge on any atom is 0.573 e. The zero-order chi connectivity index (χ0) is 29.1. The molecule has 13 heteroatoms. The van der Waals surface area contributed by atoms with Crippen LogP contribution in [0.15, 0.2) is 52.8 Å². The Bertz CT molecular complexity index is 1350. The number of nitrogens with zero attached hydrogens (tertiary/aromatic N) is 2. The summed E-state index contributed by atoms with van der Waals surface area (Å²) in [5, 5.41) is 7.75. The summed E-state index contributed by atoms with van der Waals surface area (Å²) in [4.78, 5) is 29.5. The Morgan fingerprint density at radius 1 is 1.02 bits per heavy atom. The van der Waals surface area contributed by atoms with Crippen LogP contribution in [0.25, 0.3) is 11.3 Å². The summed E-state index contributed by atoms with van der Waals surface area (Å²) in [6.45, 7) is 4.00. The molecule has 0 radical (unpaired) electrons. The second-order valence-corrected chi connectivity index (χ2v) is 9.25. The van der Waals surface area contributed by atoms with Gasteiger partial charge < -0.3 is 29.4 Å². The quantitative estimate of drug-likeness (QED) is 0.291. The van der Waals surface area contributed by atoms with E-state index in [4.69, 9.17) is 9.47 Å². The molecule has 2 aromatic carbocycles. The first kappa shape index (κ1) is 30.7. The lowest BCUT2D eigenvalue weighted by molar-refractivity contribution is -0.274. The molecule has 0 aliphatic heterocycles. The van der Waals surface area contributed by atoms with E-state index < -0.39 is 12.3 Å². The molecule has 0 aliphatic carbocycles. The Morgan fingerprint density at radius 3 is 2.40 bits per heavy atom. The average Bonchev–Trinajstić information content (AvgIpc) is 3.31. The van der Waals surface area contributed by atoms with Crippen LogP contribution in [0.1, 0.15) is 30.1 Å². The van der Waals surface area contributed by atoms with Gasteiger partial charge >= 0.3 is 6.36 Å². The second kappa shape index (κ2) is 14.5. The van der Waals surface area contributed by atoms with Crippen molar-refractivity contribution in [1.82, 2.24) is 15.2 Å².